The maximum atomic E-state index is 12.8. The summed E-state index contributed by atoms with van der Waals surface area (Å²) in [6.07, 6.45) is 7.69. The molecular formula is C23H31N5O2. The first-order valence-electron chi connectivity index (χ1n) is 11.3. The molecule has 4 aliphatic rings. The second kappa shape index (κ2) is 8.12. The minimum absolute atomic E-state index is 0.0734. The molecule has 7 heteroatoms. The quantitative estimate of drug-likeness (QED) is 0.763. The lowest BCUT2D eigenvalue weighted by atomic mass is 9.75. The van der Waals surface area contributed by atoms with Crippen molar-refractivity contribution in [2.24, 2.45) is 11.8 Å². The number of piperidine rings is 3. The molecular weight excluding hydrogens is 378 g/mol. The monoisotopic (exact) mass is 409 g/mol. The zero-order valence-corrected chi connectivity index (χ0v) is 17.4. The zero-order chi connectivity index (χ0) is 20.6. The van der Waals surface area contributed by atoms with E-state index < -0.39 is 5.60 Å². The number of hydrogen-bond acceptors (Lipinski definition) is 5. The molecule has 4 fully saturated rings. The largest absolute Gasteiger partial charge is 0.383 e. The van der Waals surface area contributed by atoms with Crippen LogP contribution in [0.15, 0.2) is 36.5 Å². The summed E-state index contributed by atoms with van der Waals surface area (Å²) in [6, 6.07) is 10.5. The average Bonchev–Trinajstić information content (AvgIpc) is 3.43. The van der Waals surface area contributed by atoms with E-state index in [2.05, 4.69) is 20.5 Å². The SMILES string of the molecule is O=C(NCc1ccccc1)C1CN2CCC1CC2Cn1cc(C2(O)CCCC2)nn1. The highest BCUT2D eigenvalue weighted by molar-refractivity contribution is 5.79. The summed E-state index contributed by atoms with van der Waals surface area (Å²) in [5.41, 5.74) is 1.07. The van der Waals surface area contributed by atoms with Gasteiger partial charge in [0.25, 0.3) is 0 Å². The van der Waals surface area contributed by atoms with E-state index in [1.807, 2.05) is 41.2 Å². The smallest absolute Gasteiger partial charge is 0.224 e. The fourth-order valence-electron chi connectivity index (χ4n) is 5.57. The normalized spacial score (nSPS) is 29.8. The predicted molar refractivity (Wildman–Crippen MR) is 112 cm³/mol. The number of carbonyl (C=O) groups excluding carboxylic acids is 1. The number of nitrogens with zero attached hydrogens (tertiary/aromatic N) is 4. The van der Waals surface area contributed by atoms with Crippen LogP contribution in [0, 0.1) is 11.8 Å². The van der Waals surface area contributed by atoms with Crippen molar-refractivity contribution in [1.82, 2.24) is 25.2 Å². The van der Waals surface area contributed by atoms with E-state index in [0.29, 0.717) is 24.2 Å². The van der Waals surface area contributed by atoms with Gasteiger partial charge in [-0.2, -0.15) is 0 Å². The zero-order valence-electron chi connectivity index (χ0n) is 17.4. The number of benzene rings is 1. The Hall–Kier alpha value is -2.25. The molecule has 1 amide bonds. The molecule has 0 radical (unpaired) electrons. The second-order valence-corrected chi connectivity index (χ2v) is 9.31. The van der Waals surface area contributed by atoms with Crippen LogP contribution in [0.2, 0.25) is 0 Å². The van der Waals surface area contributed by atoms with Gasteiger partial charge in [0.1, 0.15) is 11.3 Å². The molecule has 1 aliphatic carbocycles. The van der Waals surface area contributed by atoms with E-state index in [1.54, 1.807) is 0 Å². The van der Waals surface area contributed by atoms with Gasteiger partial charge in [-0.25, -0.2) is 0 Å². The van der Waals surface area contributed by atoms with Crippen LogP contribution < -0.4 is 5.32 Å². The van der Waals surface area contributed by atoms with Gasteiger partial charge in [0, 0.05) is 19.1 Å². The highest BCUT2D eigenvalue weighted by Gasteiger charge is 2.43. The van der Waals surface area contributed by atoms with Crippen LogP contribution in [-0.4, -0.2) is 50.0 Å². The van der Waals surface area contributed by atoms with Gasteiger partial charge in [-0.1, -0.05) is 48.4 Å². The molecule has 2 aromatic rings. The summed E-state index contributed by atoms with van der Waals surface area (Å²) in [7, 11) is 0. The van der Waals surface area contributed by atoms with Crippen molar-refractivity contribution in [2.75, 3.05) is 13.1 Å². The molecule has 7 nitrogen and oxygen atoms in total. The van der Waals surface area contributed by atoms with Crippen LogP contribution in [0.1, 0.15) is 49.8 Å². The van der Waals surface area contributed by atoms with Crippen molar-refractivity contribution < 1.29 is 9.90 Å². The molecule has 0 spiro atoms. The van der Waals surface area contributed by atoms with Crippen molar-refractivity contribution in [3.63, 3.8) is 0 Å². The third-order valence-corrected chi connectivity index (χ3v) is 7.37. The molecule has 160 valence electrons. The molecule has 30 heavy (non-hydrogen) atoms. The number of nitrogens with one attached hydrogen (secondary N) is 1. The predicted octanol–water partition coefficient (Wildman–Crippen LogP) is 2.07. The number of amides is 1. The summed E-state index contributed by atoms with van der Waals surface area (Å²) < 4.78 is 1.89. The molecule has 1 saturated carbocycles. The van der Waals surface area contributed by atoms with Crippen LogP contribution in [0.3, 0.4) is 0 Å². The van der Waals surface area contributed by atoms with Crippen molar-refractivity contribution in [1.29, 1.82) is 0 Å². The van der Waals surface area contributed by atoms with Crippen LogP contribution in [0.4, 0.5) is 0 Å². The molecule has 2 bridgehead atoms. The Bertz CT molecular complexity index is 877. The van der Waals surface area contributed by atoms with E-state index in [4.69, 9.17) is 0 Å². The summed E-state index contributed by atoms with van der Waals surface area (Å²) in [5.74, 6) is 0.681. The molecule has 1 aromatic heterocycles. The maximum absolute atomic E-state index is 12.8. The van der Waals surface area contributed by atoms with Gasteiger partial charge in [-0.3, -0.25) is 14.4 Å². The first-order chi connectivity index (χ1) is 14.6. The topological polar surface area (TPSA) is 83.3 Å². The van der Waals surface area contributed by atoms with E-state index in [0.717, 1.165) is 63.7 Å². The Morgan fingerprint density at radius 2 is 2.03 bits per heavy atom. The number of aromatic nitrogens is 3. The Morgan fingerprint density at radius 1 is 1.23 bits per heavy atom. The van der Waals surface area contributed by atoms with E-state index in [-0.39, 0.29) is 11.8 Å². The van der Waals surface area contributed by atoms with Gasteiger partial charge in [-0.05, 0) is 43.7 Å². The number of hydrogen-bond donors (Lipinski definition) is 2. The van der Waals surface area contributed by atoms with Crippen molar-refractivity contribution in [2.45, 2.75) is 63.3 Å². The number of fused-ring (bicyclic) bond motifs is 3. The molecule has 3 aliphatic heterocycles. The highest BCUT2D eigenvalue weighted by atomic mass is 16.3. The minimum atomic E-state index is -0.786. The first kappa shape index (κ1) is 19.7. The standard InChI is InChI=1S/C23H31N5O2/c29-22(24-13-17-6-2-1-3-7-17)20-15-27-11-8-18(20)12-19(27)14-28-16-21(25-26-28)23(30)9-4-5-10-23/h1-3,6-7,16,18-20,30H,4-5,8-15H2,(H,24,29). The molecule has 4 unspecified atom stereocenters. The third kappa shape index (κ3) is 3.88. The van der Waals surface area contributed by atoms with Crippen molar-refractivity contribution in [3.05, 3.63) is 47.8 Å². The number of aliphatic hydroxyl groups is 1. The van der Waals surface area contributed by atoms with E-state index in [1.165, 1.54) is 0 Å². The van der Waals surface area contributed by atoms with Crippen molar-refractivity contribution in [3.8, 4) is 0 Å². The molecule has 4 heterocycles. The maximum Gasteiger partial charge on any atom is 0.224 e. The van der Waals surface area contributed by atoms with Gasteiger partial charge in [0.15, 0.2) is 0 Å². The van der Waals surface area contributed by atoms with Gasteiger partial charge >= 0.3 is 0 Å². The van der Waals surface area contributed by atoms with Gasteiger partial charge in [0.05, 0.1) is 18.7 Å². The fraction of sp³-hybridized carbons (Fsp3) is 0.609. The number of carbonyl (C=O) groups is 1. The number of rotatable bonds is 6. The lowest BCUT2D eigenvalue weighted by Gasteiger charge is -2.49. The molecule has 2 N–H and O–H groups in total. The summed E-state index contributed by atoms with van der Waals surface area (Å²) >= 11 is 0. The van der Waals surface area contributed by atoms with Gasteiger partial charge < -0.3 is 10.4 Å². The van der Waals surface area contributed by atoms with Crippen molar-refractivity contribution >= 4 is 5.91 Å². The third-order valence-electron chi connectivity index (χ3n) is 7.37. The van der Waals surface area contributed by atoms with Crippen LogP contribution in [0.5, 0.6) is 0 Å². The fourth-order valence-corrected chi connectivity index (χ4v) is 5.57. The van der Waals surface area contributed by atoms with Gasteiger partial charge in [-0.15, -0.1) is 5.10 Å². The Morgan fingerprint density at radius 3 is 2.77 bits per heavy atom. The summed E-state index contributed by atoms with van der Waals surface area (Å²) in [4.78, 5) is 15.3. The minimum Gasteiger partial charge on any atom is -0.383 e. The lowest BCUT2D eigenvalue weighted by molar-refractivity contribution is -0.133. The van der Waals surface area contributed by atoms with E-state index in [9.17, 15) is 9.90 Å². The second-order valence-electron chi connectivity index (χ2n) is 9.31. The Kier molecular flexibility index (Phi) is 5.33. The lowest BCUT2D eigenvalue weighted by Crippen LogP contribution is -2.58. The molecule has 1 aromatic carbocycles. The summed E-state index contributed by atoms with van der Waals surface area (Å²) in [5, 5.41) is 22.5. The average molecular weight is 410 g/mol. The Labute approximate surface area is 177 Å². The summed E-state index contributed by atoms with van der Waals surface area (Å²) in [6.45, 7) is 3.24. The van der Waals surface area contributed by atoms with Gasteiger partial charge in [0.2, 0.25) is 5.91 Å². The van der Waals surface area contributed by atoms with Crippen LogP contribution in [-0.2, 0) is 23.5 Å². The van der Waals surface area contributed by atoms with Crippen LogP contribution >= 0.6 is 0 Å². The highest BCUT2D eigenvalue weighted by Crippen LogP contribution is 2.38. The molecule has 6 rings (SSSR count). The molecule has 3 saturated heterocycles. The molecule has 4 atom stereocenters. The van der Waals surface area contributed by atoms with E-state index >= 15 is 0 Å². The first-order valence-corrected chi connectivity index (χ1v) is 11.3. The van der Waals surface area contributed by atoms with Crippen LogP contribution in [0.25, 0.3) is 0 Å². The Balaban J connectivity index is 1.18.